The van der Waals surface area contributed by atoms with Crippen molar-refractivity contribution in [3.05, 3.63) is 71.4 Å². The lowest BCUT2D eigenvalue weighted by Crippen LogP contribution is -2.53. The number of nitrogens with zero attached hydrogens (tertiary/aromatic N) is 2. The quantitative estimate of drug-likeness (QED) is 0.639. The molecule has 1 aliphatic heterocycles. The van der Waals surface area contributed by atoms with Crippen molar-refractivity contribution in [1.29, 1.82) is 0 Å². The normalized spacial score (nSPS) is 29.2. The van der Waals surface area contributed by atoms with E-state index in [9.17, 15) is 9.90 Å². The van der Waals surface area contributed by atoms with Gasteiger partial charge in [0.05, 0.1) is 19.3 Å². The minimum atomic E-state index is -1.51. The van der Waals surface area contributed by atoms with Crippen LogP contribution < -0.4 is 0 Å². The molecule has 1 fully saturated rings. The van der Waals surface area contributed by atoms with Gasteiger partial charge in [0.2, 0.25) is 0 Å². The number of carbonyl (C=O) groups is 1. The second kappa shape index (κ2) is 7.17. The van der Waals surface area contributed by atoms with Crippen LogP contribution in [-0.4, -0.2) is 54.1 Å². The Bertz CT molecular complexity index is 1190. The SMILES string of the molecule is COC(=O)[C@]12CCc3c(n(C)c4ccccc34)[C@@]1(c1ccccc1)OC(O)(CN(C)C)C2. The number of esters is 1. The zero-order valence-electron chi connectivity index (χ0n) is 19.1. The summed E-state index contributed by atoms with van der Waals surface area (Å²) in [7, 11) is 7.23. The van der Waals surface area contributed by atoms with Gasteiger partial charge < -0.3 is 24.0 Å². The number of likely N-dealkylation sites (N-methyl/N-ethyl adjacent to an activating group) is 1. The molecule has 5 rings (SSSR count). The molecule has 0 bridgehead atoms. The molecule has 1 unspecified atom stereocenters. The molecule has 1 saturated heterocycles. The Morgan fingerprint density at radius 3 is 2.53 bits per heavy atom. The van der Waals surface area contributed by atoms with Gasteiger partial charge in [-0.15, -0.1) is 0 Å². The fourth-order valence-electron chi connectivity index (χ4n) is 6.31. The van der Waals surface area contributed by atoms with E-state index in [1.165, 1.54) is 12.7 Å². The van der Waals surface area contributed by atoms with E-state index in [2.05, 4.69) is 16.7 Å². The summed E-state index contributed by atoms with van der Waals surface area (Å²) < 4.78 is 14.3. The molecule has 0 amide bonds. The highest BCUT2D eigenvalue weighted by molar-refractivity contribution is 5.89. The highest BCUT2D eigenvalue weighted by atomic mass is 16.7. The third-order valence-corrected chi connectivity index (χ3v) is 7.26. The molecule has 168 valence electrons. The lowest BCUT2D eigenvalue weighted by Gasteiger charge is -2.46. The highest BCUT2D eigenvalue weighted by Gasteiger charge is 2.72. The summed E-state index contributed by atoms with van der Waals surface area (Å²) in [6.07, 6.45) is 1.41. The Hall–Kier alpha value is -2.67. The maximum atomic E-state index is 13.6. The average molecular weight is 435 g/mol. The Labute approximate surface area is 188 Å². The molecule has 1 aliphatic carbocycles. The van der Waals surface area contributed by atoms with Crippen LogP contribution in [0, 0.1) is 5.41 Å². The van der Waals surface area contributed by atoms with E-state index in [0.29, 0.717) is 12.8 Å². The van der Waals surface area contributed by atoms with Crippen molar-refractivity contribution in [3.8, 4) is 0 Å². The van der Waals surface area contributed by atoms with Crippen LogP contribution in [0.5, 0.6) is 0 Å². The Morgan fingerprint density at radius 1 is 1.16 bits per heavy atom. The number of fused-ring (bicyclic) bond motifs is 5. The number of methoxy groups -OCH3 is 1. The maximum Gasteiger partial charge on any atom is 0.315 e. The average Bonchev–Trinajstić information content (AvgIpc) is 3.23. The number of carbonyl (C=O) groups excluding carboxylic acids is 1. The van der Waals surface area contributed by atoms with Crippen LogP contribution in [0.15, 0.2) is 54.6 Å². The first kappa shape index (κ1) is 21.2. The molecule has 6 heteroatoms. The molecule has 2 aliphatic rings. The molecule has 2 heterocycles. The number of benzene rings is 2. The maximum absolute atomic E-state index is 13.6. The van der Waals surface area contributed by atoms with Crippen LogP contribution in [0.1, 0.15) is 29.7 Å². The van der Waals surface area contributed by atoms with E-state index in [-0.39, 0.29) is 18.9 Å². The van der Waals surface area contributed by atoms with Crippen molar-refractivity contribution in [2.45, 2.75) is 30.7 Å². The Morgan fingerprint density at radius 2 is 1.84 bits per heavy atom. The Kier molecular flexibility index (Phi) is 4.75. The minimum absolute atomic E-state index is 0.167. The number of hydrogen-bond acceptors (Lipinski definition) is 5. The molecule has 32 heavy (non-hydrogen) atoms. The molecule has 0 radical (unpaired) electrons. The smallest absolute Gasteiger partial charge is 0.315 e. The third kappa shape index (κ3) is 2.66. The van der Waals surface area contributed by atoms with Crippen LogP contribution in [-0.2, 0) is 33.3 Å². The van der Waals surface area contributed by atoms with Crippen LogP contribution in [0.3, 0.4) is 0 Å². The number of aromatic nitrogens is 1. The fraction of sp³-hybridized carbons (Fsp3) is 0.423. The number of ether oxygens (including phenoxy) is 2. The highest BCUT2D eigenvalue weighted by Crippen LogP contribution is 2.65. The molecule has 2 aromatic carbocycles. The molecule has 0 spiro atoms. The standard InChI is InChI=1S/C26H30N2O4/c1-27(2)17-25(30)16-24(23(29)31-4)15-14-20-19-12-8-9-13-21(19)28(3)22(20)26(24,32-25)18-10-6-5-7-11-18/h5-13,30H,14-17H2,1-4H3/t24-,25?,26-/m1/s1. The number of para-hydroxylation sites is 1. The van der Waals surface area contributed by atoms with Crippen molar-refractivity contribution in [2.75, 3.05) is 27.7 Å². The monoisotopic (exact) mass is 434 g/mol. The first-order valence-electron chi connectivity index (χ1n) is 11.1. The molecule has 1 N–H and O–H groups in total. The summed E-state index contributed by atoms with van der Waals surface area (Å²) in [4.78, 5) is 15.5. The van der Waals surface area contributed by atoms with Gasteiger partial charge in [-0.3, -0.25) is 4.79 Å². The third-order valence-electron chi connectivity index (χ3n) is 7.26. The predicted molar refractivity (Wildman–Crippen MR) is 122 cm³/mol. The van der Waals surface area contributed by atoms with Gasteiger partial charge >= 0.3 is 5.97 Å². The van der Waals surface area contributed by atoms with E-state index < -0.39 is 16.8 Å². The van der Waals surface area contributed by atoms with Crippen LogP contribution in [0.2, 0.25) is 0 Å². The number of rotatable bonds is 4. The van der Waals surface area contributed by atoms with Crippen molar-refractivity contribution in [2.24, 2.45) is 12.5 Å². The minimum Gasteiger partial charge on any atom is -0.468 e. The zero-order valence-corrected chi connectivity index (χ0v) is 19.1. The second-order valence-corrected chi connectivity index (χ2v) is 9.49. The fourth-order valence-corrected chi connectivity index (χ4v) is 6.31. The van der Waals surface area contributed by atoms with Gasteiger partial charge in [-0.1, -0.05) is 48.5 Å². The first-order chi connectivity index (χ1) is 15.3. The van der Waals surface area contributed by atoms with Crippen LogP contribution in [0.25, 0.3) is 10.9 Å². The van der Waals surface area contributed by atoms with Gasteiger partial charge in [-0.05, 0) is 44.1 Å². The number of aryl methyl sites for hydroxylation is 2. The van der Waals surface area contributed by atoms with Gasteiger partial charge in [0.1, 0.15) is 5.41 Å². The molecule has 3 aromatic rings. The van der Waals surface area contributed by atoms with Crippen LogP contribution in [0.4, 0.5) is 0 Å². The van der Waals surface area contributed by atoms with E-state index in [0.717, 1.165) is 22.2 Å². The molecule has 0 saturated carbocycles. The summed E-state index contributed by atoms with van der Waals surface area (Å²) in [6.45, 7) is 0.277. The van der Waals surface area contributed by atoms with Gasteiger partial charge in [-0.25, -0.2) is 0 Å². The van der Waals surface area contributed by atoms with Crippen molar-refractivity contribution >= 4 is 16.9 Å². The van der Waals surface area contributed by atoms with Gasteiger partial charge in [0.25, 0.3) is 0 Å². The van der Waals surface area contributed by atoms with E-state index in [4.69, 9.17) is 9.47 Å². The summed E-state index contributed by atoms with van der Waals surface area (Å²) >= 11 is 0. The van der Waals surface area contributed by atoms with E-state index in [1.54, 1.807) is 0 Å². The second-order valence-electron chi connectivity index (χ2n) is 9.49. The predicted octanol–water partition coefficient (Wildman–Crippen LogP) is 3.20. The van der Waals surface area contributed by atoms with Gasteiger partial charge in [0.15, 0.2) is 11.4 Å². The van der Waals surface area contributed by atoms with Gasteiger partial charge in [0, 0.05) is 24.4 Å². The van der Waals surface area contributed by atoms with Gasteiger partial charge in [-0.2, -0.15) is 0 Å². The van der Waals surface area contributed by atoms with E-state index >= 15 is 0 Å². The number of aliphatic hydroxyl groups is 1. The molecule has 1 aromatic heterocycles. The summed E-state index contributed by atoms with van der Waals surface area (Å²) in [5.74, 6) is -1.85. The Balaban J connectivity index is 1.90. The van der Waals surface area contributed by atoms with E-state index in [1.807, 2.05) is 68.5 Å². The van der Waals surface area contributed by atoms with Crippen molar-refractivity contribution < 1.29 is 19.4 Å². The molecular formula is C26H30N2O4. The number of hydrogen-bond donors (Lipinski definition) is 1. The summed E-state index contributed by atoms with van der Waals surface area (Å²) in [6, 6.07) is 18.1. The summed E-state index contributed by atoms with van der Waals surface area (Å²) in [5, 5.41) is 12.9. The lowest BCUT2D eigenvalue weighted by atomic mass is 9.59. The first-order valence-corrected chi connectivity index (χ1v) is 11.1. The van der Waals surface area contributed by atoms with Crippen LogP contribution >= 0.6 is 0 Å². The largest absolute Gasteiger partial charge is 0.468 e. The summed E-state index contributed by atoms with van der Waals surface area (Å²) in [5.41, 5.74) is 1.81. The molecule has 3 atom stereocenters. The van der Waals surface area contributed by atoms with Crippen molar-refractivity contribution in [1.82, 2.24) is 9.47 Å². The topological polar surface area (TPSA) is 63.9 Å². The zero-order chi connectivity index (χ0) is 22.7. The lowest BCUT2D eigenvalue weighted by molar-refractivity contribution is -0.229. The molecule has 6 nitrogen and oxygen atoms in total. The van der Waals surface area contributed by atoms with Crippen molar-refractivity contribution in [3.63, 3.8) is 0 Å². The molecular weight excluding hydrogens is 404 g/mol.